The van der Waals surface area contributed by atoms with E-state index in [-0.39, 0.29) is 5.41 Å². The number of phenolic OH excluding ortho intramolecular Hbond substituents is 1. The Balaban J connectivity index is 1.86. The molecular weight excluding hydrogens is 287 g/mol. The number of hydrogen-bond donors (Lipinski definition) is 1. The van der Waals surface area contributed by atoms with Gasteiger partial charge in [0.2, 0.25) is 0 Å². The normalized spacial score (nSPS) is 19.0. The van der Waals surface area contributed by atoms with Crippen molar-refractivity contribution in [3.8, 4) is 5.75 Å². The van der Waals surface area contributed by atoms with Gasteiger partial charge in [-0.1, -0.05) is 12.1 Å². The third-order valence-corrected chi connectivity index (χ3v) is 6.84. The zero-order valence-corrected chi connectivity index (χ0v) is 13.6. The van der Waals surface area contributed by atoms with E-state index in [1.807, 2.05) is 13.8 Å². The predicted molar refractivity (Wildman–Crippen MR) is 82.2 cm³/mol. The number of aryl methyl sites for hydroxylation is 2. The second-order valence-corrected chi connectivity index (χ2v) is 8.08. The molecule has 0 heterocycles. The Morgan fingerprint density at radius 3 is 2.10 bits per heavy atom. The smallest absolute Gasteiger partial charge is 0.331 e. The van der Waals surface area contributed by atoms with Gasteiger partial charge in [-0.2, -0.15) is 0 Å². The molecule has 0 unspecified atom stereocenters. The van der Waals surface area contributed by atoms with Crippen molar-refractivity contribution in [1.29, 1.82) is 0 Å². The van der Waals surface area contributed by atoms with E-state index in [4.69, 9.17) is 9.05 Å². The van der Waals surface area contributed by atoms with Gasteiger partial charge in [-0.25, -0.2) is 0 Å². The van der Waals surface area contributed by atoms with Crippen LogP contribution in [0.2, 0.25) is 0 Å². The van der Waals surface area contributed by atoms with E-state index >= 15 is 0 Å². The van der Waals surface area contributed by atoms with Crippen LogP contribution in [0.25, 0.3) is 0 Å². The lowest BCUT2D eigenvalue weighted by molar-refractivity contribution is 0.218. The van der Waals surface area contributed by atoms with Gasteiger partial charge in [0.1, 0.15) is 5.75 Å². The molecule has 3 rings (SSSR count). The average molecular weight is 310 g/mol. The Morgan fingerprint density at radius 2 is 1.67 bits per heavy atom. The predicted octanol–water partition coefficient (Wildman–Crippen LogP) is 3.79. The topological polar surface area (TPSA) is 55.8 Å². The SMILES string of the molecule is CCOP(=O)(CC1(c2cc3c(O)c(c2)CC3)CC1)OCC. The van der Waals surface area contributed by atoms with Crippen LogP contribution < -0.4 is 0 Å². The molecule has 0 atom stereocenters. The van der Waals surface area contributed by atoms with Crippen LogP contribution in [0.1, 0.15) is 43.4 Å². The molecule has 1 aromatic carbocycles. The summed E-state index contributed by atoms with van der Waals surface area (Å²) in [5.74, 6) is 0.451. The molecule has 0 aliphatic heterocycles. The summed E-state index contributed by atoms with van der Waals surface area (Å²) in [6.07, 6.45) is 4.30. The van der Waals surface area contributed by atoms with Crippen molar-refractivity contribution in [2.75, 3.05) is 19.4 Å². The summed E-state index contributed by atoms with van der Waals surface area (Å²) in [5, 5.41) is 9.98. The van der Waals surface area contributed by atoms with Gasteiger partial charge in [0.15, 0.2) is 0 Å². The van der Waals surface area contributed by atoms with Crippen molar-refractivity contribution in [3.05, 3.63) is 28.8 Å². The highest BCUT2D eigenvalue weighted by Gasteiger charge is 2.50. The van der Waals surface area contributed by atoms with Gasteiger partial charge < -0.3 is 14.2 Å². The Kier molecular flexibility index (Phi) is 3.89. The first-order valence-corrected chi connectivity index (χ1v) is 9.48. The third-order valence-electron chi connectivity index (χ3n) is 4.55. The summed E-state index contributed by atoms with van der Waals surface area (Å²) in [7, 11) is -3.03. The number of aromatic hydroxyl groups is 1. The van der Waals surface area contributed by atoms with Crippen LogP contribution in [0.5, 0.6) is 5.75 Å². The maximum atomic E-state index is 12.8. The highest BCUT2D eigenvalue weighted by atomic mass is 31.2. The summed E-state index contributed by atoms with van der Waals surface area (Å²) in [6, 6.07) is 4.17. The van der Waals surface area contributed by atoms with Gasteiger partial charge in [0, 0.05) is 5.41 Å². The molecule has 0 aromatic heterocycles. The Hall–Kier alpha value is -0.830. The van der Waals surface area contributed by atoms with E-state index in [0.29, 0.717) is 25.1 Å². The summed E-state index contributed by atoms with van der Waals surface area (Å²) in [4.78, 5) is 0. The van der Waals surface area contributed by atoms with Crippen molar-refractivity contribution < 1.29 is 18.7 Å². The average Bonchev–Trinajstić information content (AvgIpc) is 3.16. The van der Waals surface area contributed by atoms with Gasteiger partial charge in [-0.15, -0.1) is 0 Å². The van der Waals surface area contributed by atoms with Gasteiger partial charge in [-0.3, -0.25) is 4.57 Å². The molecule has 116 valence electrons. The standard InChI is InChI=1S/C16H23O4P/c1-3-19-21(18,20-4-2)11-16(7-8-16)14-9-12-5-6-13(10-14)15(12)17/h9-10,17H,3-8,11H2,1-2H3. The summed E-state index contributed by atoms with van der Waals surface area (Å²) in [5.41, 5.74) is 3.16. The van der Waals surface area contributed by atoms with Crippen LogP contribution in [-0.4, -0.2) is 24.5 Å². The fourth-order valence-electron chi connectivity index (χ4n) is 3.30. The van der Waals surface area contributed by atoms with E-state index in [2.05, 4.69) is 12.1 Å². The molecule has 5 heteroatoms. The van der Waals surface area contributed by atoms with Crippen LogP contribution in [0.4, 0.5) is 0 Å². The molecule has 1 saturated carbocycles. The maximum absolute atomic E-state index is 12.8. The minimum absolute atomic E-state index is 0.0819. The quantitative estimate of drug-likeness (QED) is 0.779. The molecule has 0 amide bonds. The van der Waals surface area contributed by atoms with Crippen molar-refractivity contribution >= 4 is 7.60 Å². The molecule has 1 N–H and O–H groups in total. The van der Waals surface area contributed by atoms with E-state index in [9.17, 15) is 9.67 Å². The van der Waals surface area contributed by atoms with Crippen LogP contribution in [0.3, 0.4) is 0 Å². The molecule has 1 fully saturated rings. The van der Waals surface area contributed by atoms with Crippen LogP contribution in [0.15, 0.2) is 12.1 Å². The fourth-order valence-corrected chi connectivity index (χ4v) is 5.58. The lowest BCUT2D eigenvalue weighted by Gasteiger charge is -2.23. The lowest BCUT2D eigenvalue weighted by atomic mass is 9.96. The molecule has 1 aromatic rings. The third kappa shape index (κ3) is 2.77. The van der Waals surface area contributed by atoms with E-state index in [1.54, 1.807) is 0 Å². The first-order valence-electron chi connectivity index (χ1n) is 7.75. The summed E-state index contributed by atoms with van der Waals surface area (Å²) in [6.45, 7) is 4.49. The molecule has 0 radical (unpaired) electrons. The lowest BCUT2D eigenvalue weighted by Crippen LogP contribution is -2.16. The largest absolute Gasteiger partial charge is 0.507 e. The van der Waals surface area contributed by atoms with Gasteiger partial charge in [0.05, 0.1) is 19.4 Å². The zero-order valence-electron chi connectivity index (χ0n) is 12.7. The van der Waals surface area contributed by atoms with Crippen LogP contribution in [-0.2, 0) is 31.9 Å². The number of hydrogen-bond acceptors (Lipinski definition) is 4. The first kappa shape index (κ1) is 15.1. The van der Waals surface area contributed by atoms with Crippen LogP contribution >= 0.6 is 7.60 Å². The molecular formula is C16H23O4P. The minimum Gasteiger partial charge on any atom is -0.507 e. The molecule has 0 spiro atoms. The minimum atomic E-state index is -3.03. The van der Waals surface area contributed by atoms with Crippen molar-refractivity contribution in [1.82, 2.24) is 0 Å². The molecule has 21 heavy (non-hydrogen) atoms. The Bertz CT molecular complexity index is 557. The van der Waals surface area contributed by atoms with Crippen LogP contribution in [0, 0.1) is 0 Å². The number of fused-ring (bicyclic) bond motifs is 2. The monoisotopic (exact) mass is 310 g/mol. The molecule has 2 aliphatic rings. The van der Waals surface area contributed by atoms with Crippen molar-refractivity contribution in [2.45, 2.75) is 44.9 Å². The highest BCUT2D eigenvalue weighted by molar-refractivity contribution is 7.53. The van der Waals surface area contributed by atoms with Gasteiger partial charge in [-0.05, 0) is 56.2 Å². The highest BCUT2D eigenvalue weighted by Crippen LogP contribution is 2.61. The first-order chi connectivity index (χ1) is 10.0. The maximum Gasteiger partial charge on any atom is 0.331 e. The molecule has 4 nitrogen and oxygen atoms in total. The van der Waals surface area contributed by atoms with Gasteiger partial charge in [0.25, 0.3) is 0 Å². The molecule has 2 bridgehead atoms. The number of benzene rings is 1. The molecule has 0 saturated heterocycles. The second kappa shape index (κ2) is 5.42. The summed E-state index contributed by atoms with van der Waals surface area (Å²) < 4.78 is 23.7. The number of rotatable bonds is 7. The van der Waals surface area contributed by atoms with Crippen molar-refractivity contribution in [2.24, 2.45) is 0 Å². The van der Waals surface area contributed by atoms with E-state index < -0.39 is 7.60 Å². The van der Waals surface area contributed by atoms with E-state index in [0.717, 1.165) is 36.8 Å². The Morgan fingerprint density at radius 1 is 1.14 bits per heavy atom. The zero-order chi connectivity index (χ0) is 15.1. The van der Waals surface area contributed by atoms with Crippen molar-refractivity contribution in [3.63, 3.8) is 0 Å². The number of phenols is 1. The summed E-state index contributed by atoms with van der Waals surface area (Å²) >= 11 is 0. The fraction of sp³-hybridized carbons (Fsp3) is 0.625. The second-order valence-electron chi connectivity index (χ2n) is 6.03. The molecule has 2 aliphatic carbocycles. The van der Waals surface area contributed by atoms with E-state index in [1.165, 1.54) is 5.56 Å². The van der Waals surface area contributed by atoms with Gasteiger partial charge >= 0.3 is 7.60 Å². The Labute approximate surface area is 126 Å².